The molecule has 0 unspecified atom stereocenters. The number of benzene rings is 1. The van der Waals surface area contributed by atoms with Crippen LogP contribution >= 0.6 is 0 Å². The summed E-state index contributed by atoms with van der Waals surface area (Å²) in [4.78, 5) is 17.9. The molecule has 1 fully saturated rings. The molecule has 1 aromatic rings. The number of hydrogen-bond donors (Lipinski definition) is 0. The van der Waals surface area contributed by atoms with Crippen LogP contribution in [0.5, 0.6) is 0 Å². The van der Waals surface area contributed by atoms with Gasteiger partial charge in [0.15, 0.2) is 0 Å². The molecule has 20 heavy (non-hydrogen) atoms. The summed E-state index contributed by atoms with van der Waals surface area (Å²) in [6.45, 7) is 10.1. The Bertz CT molecular complexity index is 436. The molecule has 0 saturated carbocycles. The zero-order valence-corrected chi connectivity index (χ0v) is 12.8. The van der Waals surface area contributed by atoms with Gasteiger partial charge < -0.3 is 14.7 Å². The Morgan fingerprint density at radius 2 is 1.75 bits per heavy atom. The number of hydrogen-bond acceptors (Lipinski definition) is 3. The van der Waals surface area contributed by atoms with Crippen molar-refractivity contribution in [2.24, 2.45) is 0 Å². The second kappa shape index (κ2) is 6.75. The predicted molar refractivity (Wildman–Crippen MR) is 82.9 cm³/mol. The van der Waals surface area contributed by atoms with Gasteiger partial charge in [-0.05, 0) is 24.2 Å². The molecule has 0 aromatic heterocycles. The number of carbonyl (C=O) groups is 1. The van der Waals surface area contributed by atoms with Gasteiger partial charge in [0.05, 0.1) is 0 Å². The van der Waals surface area contributed by atoms with E-state index < -0.39 is 0 Å². The van der Waals surface area contributed by atoms with E-state index in [-0.39, 0.29) is 5.91 Å². The maximum Gasteiger partial charge on any atom is 0.219 e. The van der Waals surface area contributed by atoms with Crippen molar-refractivity contribution in [1.82, 2.24) is 9.80 Å². The molecule has 0 N–H and O–H groups in total. The van der Waals surface area contributed by atoms with Crippen molar-refractivity contribution < 1.29 is 4.79 Å². The molecule has 0 aliphatic carbocycles. The summed E-state index contributed by atoms with van der Waals surface area (Å²) in [7, 11) is 1.83. The third-order valence-electron chi connectivity index (χ3n) is 4.08. The SMILES string of the molecule is CCN1CCN(c2ccc(CN(C)C(C)=O)cc2)CC1. The van der Waals surface area contributed by atoms with E-state index >= 15 is 0 Å². The van der Waals surface area contributed by atoms with E-state index in [1.165, 1.54) is 11.3 Å². The van der Waals surface area contributed by atoms with E-state index in [1.807, 2.05) is 7.05 Å². The van der Waals surface area contributed by atoms with Crippen LogP contribution in [0.25, 0.3) is 0 Å². The van der Waals surface area contributed by atoms with Gasteiger partial charge in [0, 0.05) is 52.4 Å². The molecule has 4 heteroatoms. The number of nitrogens with zero attached hydrogens (tertiary/aromatic N) is 3. The maximum atomic E-state index is 11.2. The zero-order chi connectivity index (χ0) is 14.5. The predicted octanol–water partition coefficient (Wildman–Crippen LogP) is 1.81. The second-order valence-corrected chi connectivity index (χ2v) is 5.46. The molecule has 0 radical (unpaired) electrons. The van der Waals surface area contributed by atoms with Gasteiger partial charge in [-0.2, -0.15) is 0 Å². The average Bonchev–Trinajstić information content (AvgIpc) is 2.48. The molecule has 110 valence electrons. The third kappa shape index (κ3) is 3.73. The molecule has 0 atom stereocenters. The highest BCUT2D eigenvalue weighted by Crippen LogP contribution is 2.18. The van der Waals surface area contributed by atoms with Gasteiger partial charge in [-0.3, -0.25) is 4.79 Å². The summed E-state index contributed by atoms with van der Waals surface area (Å²) in [6.07, 6.45) is 0. The van der Waals surface area contributed by atoms with Crippen LogP contribution in [0.2, 0.25) is 0 Å². The first-order valence-corrected chi connectivity index (χ1v) is 7.38. The minimum Gasteiger partial charge on any atom is -0.369 e. The van der Waals surface area contributed by atoms with Gasteiger partial charge in [-0.15, -0.1) is 0 Å². The van der Waals surface area contributed by atoms with Crippen molar-refractivity contribution in [2.45, 2.75) is 20.4 Å². The lowest BCUT2D eigenvalue weighted by Gasteiger charge is -2.35. The van der Waals surface area contributed by atoms with Gasteiger partial charge in [0.2, 0.25) is 5.91 Å². The van der Waals surface area contributed by atoms with E-state index in [2.05, 4.69) is 41.0 Å². The fraction of sp³-hybridized carbons (Fsp3) is 0.562. The number of rotatable bonds is 4. The van der Waals surface area contributed by atoms with Crippen molar-refractivity contribution in [1.29, 1.82) is 0 Å². The Hall–Kier alpha value is -1.55. The molecule has 0 spiro atoms. The third-order valence-corrected chi connectivity index (χ3v) is 4.08. The first-order valence-electron chi connectivity index (χ1n) is 7.38. The van der Waals surface area contributed by atoms with Crippen LogP contribution in [0.1, 0.15) is 19.4 Å². The molecule has 1 saturated heterocycles. The summed E-state index contributed by atoms with van der Waals surface area (Å²) >= 11 is 0. The molecule has 0 bridgehead atoms. The molecule has 1 aliphatic heterocycles. The number of amides is 1. The normalized spacial score (nSPS) is 16.2. The minimum absolute atomic E-state index is 0.102. The lowest BCUT2D eigenvalue weighted by Crippen LogP contribution is -2.46. The van der Waals surface area contributed by atoms with E-state index in [0.717, 1.165) is 32.7 Å². The Balaban J connectivity index is 1.93. The van der Waals surface area contributed by atoms with Crippen LogP contribution in [-0.2, 0) is 11.3 Å². The molecule has 1 aromatic carbocycles. The van der Waals surface area contributed by atoms with Crippen LogP contribution in [0.3, 0.4) is 0 Å². The quantitative estimate of drug-likeness (QED) is 0.838. The fourth-order valence-electron chi connectivity index (χ4n) is 2.52. The largest absolute Gasteiger partial charge is 0.369 e. The van der Waals surface area contributed by atoms with Crippen LogP contribution in [-0.4, -0.2) is 55.5 Å². The maximum absolute atomic E-state index is 11.2. The van der Waals surface area contributed by atoms with Crippen molar-refractivity contribution in [3.8, 4) is 0 Å². The van der Waals surface area contributed by atoms with Crippen molar-refractivity contribution in [3.05, 3.63) is 29.8 Å². The minimum atomic E-state index is 0.102. The van der Waals surface area contributed by atoms with Crippen LogP contribution in [0, 0.1) is 0 Å². The summed E-state index contributed by atoms with van der Waals surface area (Å²) in [5.74, 6) is 0.102. The van der Waals surface area contributed by atoms with E-state index in [1.54, 1.807) is 11.8 Å². The number of carbonyl (C=O) groups excluding carboxylic acids is 1. The molecule has 1 aliphatic rings. The van der Waals surface area contributed by atoms with Crippen LogP contribution in [0.4, 0.5) is 5.69 Å². The highest BCUT2D eigenvalue weighted by Gasteiger charge is 2.15. The number of piperazine rings is 1. The Kier molecular flexibility index (Phi) is 5.01. The fourth-order valence-corrected chi connectivity index (χ4v) is 2.52. The lowest BCUT2D eigenvalue weighted by atomic mass is 10.1. The van der Waals surface area contributed by atoms with E-state index in [0.29, 0.717) is 6.54 Å². The Morgan fingerprint density at radius 3 is 2.25 bits per heavy atom. The smallest absolute Gasteiger partial charge is 0.219 e. The van der Waals surface area contributed by atoms with E-state index in [4.69, 9.17) is 0 Å². The molecule has 1 amide bonds. The van der Waals surface area contributed by atoms with Gasteiger partial charge in [0.1, 0.15) is 0 Å². The molecule has 1 heterocycles. The van der Waals surface area contributed by atoms with E-state index in [9.17, 15) is 4.79 Å². The molecular formula is C16H25N3O. The lowest BCUT2D eigenvalue weighted by molar-refractivity contribution is -0.128. The summed E-state index contributed by atoms with van der Waals surface area (Å²) in [6, 6.07) is 8.60. The summed E-state index contributed by atoms with van der Waals surface area (Å²) in [5.41, 5.74) is 2.47. The first kappa shape index (κ1) is 14.9. The average molecular weight is 275 g/mol. The van der Waals surface area contributed by atoms with Crippen LogP contribution in [0.15, 0.2) is 24.3 Å². The molecular weight excluding hydrogens is 250 g/mol. The summed E-state index contributed by atoms with van der Waals surface area (Å²) < 4.78 is 0. The first-order chi connectivity index (χ1) is 9.60. The van der Waals surface area contributed by atoms with Gasteiger partial charge in [-0.25, -0.2) is 0 Å². The van der Waals surface area contributed by atoms with Crippen LogP contribution < -0.4 is 4.90 Å². The van der Waals surface area contributed by atoms with Crippen molar-refractivity contribution in [2.75, 3.05) is 44.7 Å². The molecule has 2 rings (SSSR count). The van der Waals surface area contributed by atoms with Gasteiger partial charge in [-0.1, -0.05) is 19.1 Å². The Labute approximate surface area is 122 Å². The Morgan fingerprint density at radius 1 is 1.15 bits per heavy atom. The highest BCUT2D eigenvalue weighted by atomic mass is 16.2. The monoisotopic (exact) mass is 275 g/mol. The standard InChI is InChI=1S/C16H25N3O/c1-4-18-9-11-19(12-10-18)16-7-5-15(6-8-16)13-17(3)14(2)20/h5-8H,4,9-13H2,1-3H3. The molecule has 4 nitrogen and oxygen atoms in total. The number of anilines is 1. The van der Waals surface area contributed by atoms with Gasteiger partial charge >= 0.3 is 0 Å². The zero-order valence-electron chi connectivity index (χ0n) is 12.8. The van der Waals surface area contributed by atoms with Crippen molar-refractivity contribution >= 4 is 11.6 Å². The second-order valence-electron chi connectivity index (χ2n) is 5.46. The number of likely N-dealkylation sites (N-methyl/N-ethyl adjacent to an activating group) is 1. The summed E-state index contributed by atoms with van der Waals surface area (Å²) in [5, 5.41) is 0. The highest BCUT2D eigenvalue weighted by molar-refractivity contribution is 5.72. The van der Waals surface area contributed by atoms with Crippen molar-refractivity contribution in [3.63, 3.8) is 0 Å². The topological polar surface area (TPSA) is 26.8 Å². The van der Waals surface area contributed by atoms with Gasteiger partial charge in [0.25, 0.3) is 0 Å².